The fourth-order valence-corrected chi connectivity index (χ4v) is 6.39. The smallest absolute Gasteiger partial charge is 0.324 e. The molecule has 6 nitrogen and oxygen atoms in total. The highest BCUT2D eigenvalue weighted by Gasteiger charge is 2.53. The Balaban J connectivity index is 3.19. The molecular weight excluding hydrogens is 425 g/mol. The molecule has 0 spiro atoms. The summed E-state index contributed by atoms with van der Waals surface area (Å²) < 4.78 is 31.1. The molecule has 1 fully saturated rings. The highest BCUT2D eigenvalue weighted by atomic mass is 28.4. The molecule has 1 aliphatic heterocycles. The second-order valence-corrected chi connectivity index (χ2v) is 29.3. The average Bonchev–Trinajstić information content (AvgIpc) is 2.68. The number of hydrogen-bond acceptors (Lipinski definition) is 6. The molecule has 0 saturated carbocycles. The van der Waals surface area contributed by atoms with Crippen LogP contribution in [0.5, 0.6) is 0 Å². The minimum atomic E-state index is -2.05. The lowest BCUT2D eigenvalue weighted by Gasteiger charge is -2.34. The van der Waals surface area contributed by atoms with E-state index in [-0.39, 0.29) is 18.2 Å². The van der Waals surface area contributed by atoms with Gasteiger partial charge in [-0.25, -0.2) is 0 Å². The standard InChI is InChI=1S/C18H42O6Si4/c1-25(2,3)20-13-14-15(22-26(4,5)6)16(23-27(7,8)9)17(21-14)18(19)24-28(10,11)12/h14-17H,13H2,1-12H3/t14-,15+,16-,17-/m0/s1. The molecule has 0 aliphatic carbocycles. The number of carbonyl (C=O) groups excluding carboxylic acids is 1. The summed E-state index contributed by atoms with van der Waals surface area (Å²) in [7, 11) is -7.63. The lowest BCUT2D eigenvalue weighted by atomic mass is 10.1. The molecule has 1 heterocycles. The minimum Gasteiger partial charge on any atom is -0.518 e. The fraction of sp³-hybridized carbons (Fsp3) is 0.944. The van der Waals surface area contributed by atoms with Gasteiger partial charge < -0.3 is 22.4 Å². The monoisotopic (exact) mass is 466 g/mol. The van der Waals surface area contributed by atoms with Crippen LogP contribution in [0.3, 0.4) is 0 Å². The van der Waals surface area contributed by atoms with Gasteiger partial charge in [-0.05, 0) is 78.6 Å². The van der Waals surface area contributed by atoms with E-state index in [0.717, 1.165) is 0 Å². The van der Waals surface area contributed by atoms with Crippen molar-refractivity contribution in [1.29, 1.82) is 0 Å². The van der Waals surface area contributed by atoms with Crippen molar-refractivity contribution in [3.05, 3.63) is 0 Å². The van der Waals surface area contributed by atoms with Crippen LogP contribution in [-0.2, 0) is 27.2 Å². The number of rotatable bonds is 9. The normalized spacial score (nSPS) is 27.1. The fourth-order valence-electron chi connectivity index (χ4n) is 2.83. The molecule has 0 radical (unpaired) electrons. The Morgan fingerprint density at radius 3 is 1.57 bits per heavy atom. The van der Waals surface area contributed by atoms with Crippen LogP contribution in [0.25, 0.3) is 0 Å². The summed E-state index contributed by atoms with van der Waals surface area (Å²) in [4.78, 5) is 13.0. The summed E-state index contributed by atoms with van der Waals surface area (Å²) in [6.07, 6.45) is -1.89. The first-order chi connectivity index (χ1) is 12.3. The number of carbonyl (C=O) groups is 1. The Morgan fingerprint density at radius 1 is 0.714 bits per heavy atom. The highest BCUT2D eigenvalue weighted by Crippen LogP contribution is 2.33. The van der Waals surface area contributed by atoms with E-state index >= 15 is 0 Å². The number of ether oxygens (including phenoxy) is 1. The molecule has 0 unspecified atom stereocenters. The Kier molecular flexibility index (Phi) is 8.54. The highest BCUT2D eigenvalue weighted by molar-refractivity contribution is 6.71. The van der Waals surface area contributed by atoms with Crippen LogP contribution < -0.4 is 0 Å². The lowest BCUT2D eigenvalue weighted by Crippen LogP contribution is -2.51. The van der Waals surface area contributed by atoms with Gasteiger partial charge in [0, 0.05) is 0 Å². The molecule has 1 saturated heterocycles. The molecule has 10 heteroatoms. The Bertz CT molecular complexity index is 530. The Morgan fingerprint density at radius 2 is 1.18 bits per heavy atom. The first-order valence-corrected chi connectivity index (χ1v) is 23.8. The van der Waals surface area contributed by atoms with Crippen molar-refractivity contribution in [2.45, 2.75) is 103 Å². The molecule has 0 aromatic rings. The molecular formula is C18H42O6Si4. The van der Waals surface area contributed by atoms with Crippen LogP contribution in [0.2, 0.25) is 78.6 Å². The van der Waals surface area contributed by atoms with Crippen molar-refractivity contribution < 1.29 is 27.2 Å². The van der Waals surface area contributed by atoms with Crippen LogP contribution in [-0.4, -0.2) is 70.3 Å². The summed E-state index contributed by atoms with van der Waals surface area (Å²) >= 11 is 0. The first kappa shape index (κ1) is 26.2. The van der Waals surface area contributed by atoms with Crippen molar-refractivity contribution in [3.8, 4) is 0 Å². The van der Waals surface area contributed by atoms with Crippen molar-refractivity contribution in [2.75, 3.05) is 6.61 Å². The SMILES string of the molecule is C[Si](C)(C)OC[C@@H]1O[C@H](C(=O)O[Si](C)(C)C)[C@@H](O[Si](C)(C)C)[C@@H]1O[Si](C)(C)C. The maximum Gasteiger partial charge on any atom is 0.324 e. The van der Waals surface area contributed by atoms with E-state index in [2.05, 4.69) is 58.9 Å². The summed E-state index contributed by atoms with van der Waals surface area (Å²) in [5.74, 6) is -0.331. The van der Waals surface area contributed by atoms with Crippen LogP contribution in [0.1, 0.15) is 0 Å². The molecule has 0 aromatic carbocycles. The summed E-state index contributed by atoms with van der Waals surface area (Å²) in [5.41, 5.74) is 0. The van der Waals surface area contributed by atoms with E-state index < -0.39 is 45.5 Å². The minimum absolute atomic E-state index is 0.325. The van der Waals surface area contributed by atoms with Gasteiger partial charge in [-0.3, -0.25) is 4.79 Å². The quantitative estimate of drug-likeness (QED) is 0.469. The van der Waals surface area contributed by atoms with Gasteiger partial charge >= 0.3 is 5.97 Å². The molecule has 0 N–H and O–H groups in total. The van der Waals surface area contributed by atoms with Gasteiger partial charge in [-0.1, -0.05) is 0 Å². The van der Waals surface area contributed by atoms with Crippen molar-refractivity contribution in [3.63, 3.8) is 0 Å². The van der Waals surface area contributed by atoms with E-state index in [9.17, 15) is 4.79 Å². The van der Waals surface area contributed by atoms with Gasteiger partial charge in [-0.2, -0.15) is 0 Å². The second-order valence-electron chi connectivity index (χ2n) is 11.4. The van der Waals surface area contributed by atoms with Gasteiger partial charge in [0.1, 0.15) is 18.3 Å². The predicted molar refractivity (Wildman–Crippen MR) is 124 cm³/mol. The zero-order chi connectivity index (χ0) is 22.1. The Labute approximate surface area is 176 Å². The average molecular weight is 467 g/mol. The van der Waals surface area contributed by atoms with Crippen LogP contribution in [0, 0.1) is 0 Å². The third-order valence-electron chi connectivity index (χ3n) is 3.61. The van der Waals surface area contributed by atoms with Gasteiger partial charge in [0.15, 0.2) is 31.1 Å². The summed E-state index contributed by atoms with van der Waals surface area (Å²) in [6, 6.07) is 0. The van der Waals surface area contributed by atoms with Gasteiger partial charge in [-0.15, -0.1) is 0 Å². The number of hydrogen-bond donors (Lipinski definition) is 0. The van der Waals surface area contributed by atoms with Gasteiger partial charge in [0.05, 0.1) is 6.61 Å². The van der Waals surface area contributed by atoms with E-state index in [1.54, 1.807) is 0 Å². The van der Waals surface area contributed by atoms with Crippen LogP contribution in [0.4, 0.5) is 0 Å². The first-order valence-electron chi connectivity index (χ1n) is 10.2. The predicted octanol–water partition coefficient (Wildman–Crippen LogP) is 4.42. The molecule has 28 heavy (non-hydrogen) atoms. The van der Waals surface area contributed by atoms with Crippen molar-refractivity contribution >= 4 is 39.2 Å². The molecule has 0 aromatic heterocycles. The largest absolute Gasteiger partial charge is 0.518 e. The molecule has 1 aliphatic rings. The van der Waals surface area contributed by atoms with E-state index in [0.29, 0.717) is 6.61 Å². The summed E-state index contributed by atoms with van der Waals surface area (Å²) in [6.45, 7) is 25.6. The van der Waals surface area contributed by atoms with E-state index in [1.807, 2.05) is 19.6 Å². The third-order valence-corrected chi connectivity index (χ3v) is 7.41. The Hall–Kier alpha value is 0.178. The summed E-state index contributed by atoms with van der Waals surface area (Å²) in [5, 5.41) is 0. The molecule has 4 atom stereocenters. The van der Waals surface area contributed by atoms with Crippen LogP contribution >= 0.6 is 0 Å². The third kappa shape index (κ3) is 9.79. The lowest BCUT2D eigenvalue weighted by molar-refractivity contribution is -0.151. The zero-order valence-electron chi connectivity index (χ0n) is 20.0. The molecule has 1 rings (SSSR count). The van der Waals surface area contributed by atoms with E-state index in [4.69, 9.17) is 22.4 Å². The van der Waals surface area contributed by atoms with Crippen molar-refractivity contribution in [2.24, 2.45) is 0 Å². The van der Waals surface area contributed by atoms with Gasteiger partial charge in [0.2, 0.25) is 8.32 Å². The zero-order valence-corrected chi connectivity index (χ0v) is 24.0. The maximum absolute atomic E-state index is 13.0. The molecule has 0 bridgehead atoms. The van der Waals surface area contributed by atoms with E-state index in [1.165, 1.54) is 0 Å². The van der Waals surface area contributed by atoms with Crippen molar-refractivity contribution in [1.82, 2.24) is 0 Å². The molecule has 166 valence electrons. The van der Waals surface area contributed by atoms with Gasteiger partial charge in [0.25, 0.3) is 0 Å². The van der Waals surface area contributed by atoms with Crippen LogP contribution in [0.15, 0.2) is 0 Å². The topological polar surface area (TPSA) is 63.2 Å². The second kappa shape index (κ2) is 9.12. The molecule has 0 amide bonds. The maximum atomic E-state index is 13.0.